The quantitative estimate of drug-likeness (QED) is 0.207. The lowest BCUT2D eigenvalue weighted by Gasteiger charge is -2.25. The van der Waals surface area contributed by atoms with E-state index in [1.165, 1.54) is 11.3 Å². The highest BCUT2D eigenvalue weighted by atomic mass is 32.2. The van der Waals surface area contributed by atoms with Crippen molar-refractivity contribution in [3.63, 3.8) is 0 Å². The number of fused-ring (bicyclic) bond motifs is 1. The van der Waals surface area contributed by atoms with Crippen molar-refractivity contribution in [2.45, 2.75) is 44.4 Å². The second-order valence-electron chi connectivity index (χ2n) is 9.65. The largest absolute Gasteiger partial charge is 0.489 e. The molecule has 0 saturated carbocycles. The van der Waals surface area contributed by atoms with Gasteiger partial charge in [-0.2, -0.15) is 0 Å². The number of carbonyl (C=O) groups excluding carboxylic acids is 1. The average Bonchev–Trinajstić information content (AvgIpc) is 3.26. The topological polar surface area (TPSA) is 69.9 Å². The summed E-state index contributed by atoms with van der Waals surface area (Å²) in [5.74, 6) is 0.288. The van der Waals surface area contributed by atoms with Gasteiger partial charge in [0.15, 0.2) is 4.80 Å². The fourth-order valence-electron chi connectivity index (χ4n) is 4.51. The molecule has 0 radical (unpaired) electrons. The van der Waals surface area contributed by atoms with E-state index in [0.29, 0.717) is 27.2 Å². The minimum atomic E-state index is -0.630. The molecule has 2 heterocycles. The van der Waals surface area contributed by atoms with E-state index >= 15 is 0 Å². The van der Waals surface area contributed by atoms with E-state index in [4.69, 9.17) is 9.47 Å². The minimum Gasteiger partial charge on any atom is -0.489 e. The molecule has 0 saturated heterocycles. The van der Waals surface area contributed by atoms with E-state index in [-0.39, 0.29) is 11.7 Å². The van der Waals surface area contributed by atoms with E-state index in [2.05, 4.69) is 4.99 Å². The molecule has 1 atom stereocenters. The lowest BCUT2D eigenvalue weighted by atomic mass is 9.96. The highest BCUT2D eigenvalue weighted by molar-refractivity contribution is 7.98. The van der Waals surface area contributed by atoms with Gasteiger partial charge >= 0.3 is 5.97 Å². The monoisotopic (exact) mass is 570 g/mol. The minimum absolute atomic E-state index is 0.200. The Hall–Kier alpha value is -3.88. The van der Waals surface area contributed by atoms with Crippen LogP contribution in [0.3, 0.4) is 0 Å². The standard InChI is InChI=1S/C32H30N2O4S2/c1-20(2)38-31(36)28-21(3)33-32-34(29(28)24-12-16-26(39-4)17-13-24)30(35)27(40-32)18-22-10-14-25(15-11-22)37-19-23-8-6-5-7-9-23/h5-18,20,29H,19H2,1-4H3/b27-18-/t29-/m1/s1. The third-order valence-corrected chi connectivity index (χ3v) is 8.17. The van der Waals surface area contributed by atoms with Crippen LogP contribution in [0, 0.1) is 0 Å². The summed E-state index contributed by atoms with van der Waals surface area (Å²) in [6, 6.07) is 24.9. The van der Waals surface area contributed by atoms with Crippen LogP contribution in [0.4, 0.5) is 0 Å². The summed E-state index contributed by atoms with van der Waals surface area (Å²) in [5.41, 5.74) is 3.53. The normalized spacial score (nSPS) is 15.1. The summed E-state index contributed by atoms with van der Waals surface area (Å²) in [7, 11) is 0. The molecule has 8 heteroatoms. The van der Waals surface area contributed by atoms with Crippen LogP contribution in [-0.4, -0.2) is 22.9 Å². The third kappa shape index (κ3) is 5.98. The number of ether oxygens (including phenoxy) is 2. The number of benzene rings is 3. The van der Waals surface area contributed by atoms with Crippen LogP contribution in [0.15, 0.2) is 105 Å². The average molecular weight is 571 g/mol. The predicted octanol–water partition coefficient (Wildman–Crippen LogP) is 5.49. The Morgan fingerprint density at radius 2 is 1.75 bits per heavy atom. The Kier molecular flexibility index (Phi) is 8.38. The van der Waals surface area contributed by atoms with Gasteiger partial charge in [-0.1, -0.05) is 65.9 Å². The zero-order chi connectivity index (χ0) is 28.2. The Labute approximate surface area is 241 Å². The summed E-state index contributed by atoms with van der Waals surface area (Å²) in [5, 5.41) is 0. The molecular formula is C32H30N2O4S2. The molecule has 0 bridgehead atoms. The second kappa shape index (κ2) is 12.1. The molecule has 6 nitrogen and oxygen atoms in total. The number of hydrogen-bond donors (Lipinski definition) is 0. The number of thioether (sulfide) groups is 1. The molecule has 1 aliphatic heterocycles. The summed E-state index contributed by atoms with van der Waals surface area (Å²) in [4.78, 5) is 33.4. The fraction of sp³-hybridized carbons (Fsp3) is 0.219. The van der Waals surface area contributed by atoms with Crippen molar-refractivity contribution in [2.24, 2.45) is 4.99 Å². The molecule has 204 valence electrons. The highest BCUT2D eigenvalue weighted by Gasteiger charge is 2.33. The molecule has 40 heavy (non-hydrogen) atoms. The Morgan fingerprint density at radius 1 is 1.05 bits per heavy atom. The molecule has 0 aliphatic carbocycles. The van der Waals surface area contributed by atoms with Gasteiger partial charge in [-0.3, -0.25) is 9.36 Å². The maximum Gasteiger partial charge on any atom is 0.338 e. The smallest absolute Gasteiger partial charge is 0.338 e. The number of rotatable bonds is 8. The summed E-state index contributed by atoms with van der Waals surface area (Å²) >= 11 is 2.95. The first kappa shape index (κ1) is 27.7. The van der Waals surface area contributed by atoms with Gasteiger partial charge in [-0.15, -0.1) is 11.8 Å². The number of carbonyl (C=O) groups is 1. The Bertz CT molecular complexity index is 1720. The molecule has 0 unspecified atom stereocenters. The van der Waals surface area contributed by atoms with Crippen LogP contribution in [0.1, 0.15) is 43.5 Å². The van der Waals surface area contributed by atoms with Gasteiger partial charge in [0.1, 0.15) is 12.4 Å². The van der Waals surface area contributed by atoms with Gasteiger partial charge in [-0.05, 0) is 74.1 Å². The molecule has 0 amide bonds. The molecular weight excluding hydrogens is 540 g/mol. The van der Waals surface area contributed by atoms with Crippen molar-refractivity contribution in [3.8, 4) is 5.75 Å². The van der Waals surface area contributed by atoms with Crippen LogP contribution in [0.25, 0.3) is 6.08 Å². The second-order valence-corrected chi connectivity index (χ2v) is 11.5. The summed E-state index contributed by atoms with van der Waals surface area (Å²) < 4.78 is 13.6. The summed E-state index contributed by atoms with van der Waals surface area (Å²) in [6.45, 7) is 5.90. The van der Waals surface area contributed by atoms with Crippen molar-refractivity contribution in [1.29, 1.82) is 0 Å². The molecule has 3 aromatic carbocycles. The first-order valence-electron chi connectivity index (χ1n) is 13.0. The van der Waals surface area contributed by atoms with Gasteiger partial charge in [0, 0.05) is 4.90 Å². The van der Waals surface area contributed by atoms with E-state index in [0.717, 1.165) is 27.3 Å². The van der Waals surface area contributed by atoms with Crippen LogP contribution in [0.2, 0.25) is 0 Å². The van der Waals surface area contributed by atoms with Crippen molar-refractivity contribution >= 4 is 35.1 Å². The predicted molar refractivity (Wildman–Crippen MR) is 160 cm³/mol. The van der Waals surface area contributed by atoms with E-state index in [9.17, 15) is 9.59 Å². The lowest BCUT2D eigenvalue weighted by Crippen LogP contribution is -2.40. The van der Waals surface area contributed by atoms with E-state index < -0.39 is 12.0 Å². The SMILES string of the molecule is CSc1ccc([C@@H]2C(C(=O)OC(C)C)=C(C)N=c3s/c(=C\c4ccc(OCc5ccccc5)cc4)c(=O)n32)cc1. The van der Waals surface area contributed by atoms with Crippen molar-refractivity contribution < 1.29 is 14.3 Å². The lowest BCUT2D eigenvalue weighted by molar-refractivity contribution is -0.143. The summed E-state index contributed by atoms with van der Waals surface area (Å²) in [6.07, 6.45) is 3.57. The zero-order valence-electron chi connectivity index (χ0n) is 22.8. The van der Waals surface area contributed by atoms with Crippen LogP contribution in [-0.2, 0) is 16.1 Å². The maximum absolute atomic E-state index is 13.8. The molecule has 0 fully saturated rings. The molecule has 0 N–H and O–H groups in total. The van der Waals surface area contributed by atoms with E-state index in [1.54, 1.807) is 23.3 Å². The molecule has 5 rings (SSSR count). The molecule has 1 aromatic heterocycles. The molecule has 1 aliphatic rings. The fourth-order valence-corrected chi connectivity index (χ4v) is 5.97. The van der Waals surface area contributed by atoms with Gasteiger partial charge < -0.3 is 9.47 Å². The highest BCUT2D eigenvalue weighted by Crippen LogP contribution is 2.32. The van der Waals surface area contributed by atoms with Gasteiger partial charge in [0.05, 0.1) is 27.9 Å². The Morgan fingerprint density at radius 3 is 2.40 bits per heavy atom. The van der Waals surface area contributed by atoms with Crippen molar-refractivity contribution in [3.05, 3.63) is 127 Å². The molecule has 4 aromatic rings. The van der Waals surface area contributed by atoms with E-state index in [1.807, 2.05) is 105 Å². The maximum atomic E-state index is 13.8. The van der Waals surface area contributed by atoms with Crippen molar-refractivity contribution in [1.82, 2.24) is 4.57 Å². The number of nitrogens with zero attached hydrogens (tertiary/aromatic N) is 2. The van der Waals surface area contributed by atoms with Crippen LogP contribution < -0.4 is 19.6 Å². The number of esters is 1. The number of hydrogen-bond acceptors (Lipinski definition) is 7. The van der Waals surface area contributed by atoms with Gasteiger partial charge in [0.2, 0.25) is 0 Å². The third-order valence-electron chi connectivity index (χ3n) is 6.44. The first-order valence-corrected chi connectivity index (χ1v) is 15.0. The van der Waals surface area contributed by atoms with Crippen molar-refractivity contribution in [2.75, 3.05) is 6.26 Å². The number of aromatic nitrogens is 1. The zero-order valence-corrected chi connectivity index (χ0v) is 24.4. The van der Waals surface area contributed by atoms with Gasteiger partial charge in [0.25, 0.3) is 5.56 Å². The number of allylic oxidation sites excluding steroid dienone is 1. The first-order chi connectivity index (χ1) is 19.3. The molecule has 0 spiro atoms. The van der Waals surface area contributed by atoms with Gasteiger partial charge in [-0.25, -0.2) is 9.79 Å². The Balaban J connectivity index is 1.51. The van der Waals surface area contributed by atoms with Crippen LogP contribution in [0.5, 0.6) is 5.75 Å². The van der Waals surface area contributed by atoms with Crippen LogP contribution >= 0.6 is 23.1 Å². The number of thiazole rings is 1.